The summed E-state index contributed by atoms with van der Waals surface area (Å²) in [6, 6.07) is 12.2. The third-order valence-electron chi connectivity index (χ3n) is 5.75. The first-order valence-corrected chi connectivity index (χ1v) is 13.1. The van der Waals surface area contributed by atoms with Gasteiger partial charge in [0.15, 0.2) is 0 Å². The quantitative estimate of drug-likeness (QED) is 0.249. The van der Waals surface area contributed by atoms with Crippen molar-refractivity contribution in [3.05, 3.63) is 78.6 Å². The van der Waals surface area contributed by atoms with Gasteiger partial charge in [0.05, 0.1) is 12.1 Å². The molecule has 1 aliphatic heterocycles. The molecule has 1 unspecified atom stereocenters. The summed E-state index contributed by atoms with van der Waals surface area (Å²) in [6.45, 7) is 3.22. The standard InChI is InChI=1S/C21H20N6O.3C2HF3O2/c1-3-16(11-22-7-1)13-26-9-10-28-20(15-26)21-19-6-5-18(14-27(19)25-24-21)17-4-2-8-23-12-17;3*3-2(4,5)1(6)7/h1-8,11-12,14,20H,9-10,13,15H2;3*(H,6,7). The number of hydrogen-bond acceptors (Lipinski definition) is 9. The van der Waals surface area contributed by atoms with E-state index >= 15 is 0 Å². The average Bonchev–Trinajstić information content (AvgIpc) is 3.45. The number of morpholine rings is 1. The number of hydrogen-bond donors (Lipinski definition) is 3. The summed E-state index contributed by atoms with van der Waals surface area (Å²) < 4.78 is 103. The molecule has 5 heterocycles. The first-order valence-electron chi connectivity index (χ1n) is 13.1. The largest absolute Gasteiger partial charge is 0.490 e. The van der Waals surface area contributed by atoms with E-state index in [1.807, 2.05) is 41.3 Å². The SMILES string of the molecule is O=C(O)C(F)(F)F.O=C(O)C(F)(F)F.O=C(O)C(F)(F)F.c1cncc(CN2CCOC(c3nnn4cc(-c5cccnc5)ccc34)C2)c1. The first kappa shape index (κ1) is 39.8. The van der Waals surface area contributed by atoms with Crippen LogP contribution < -0.4 is 0 Å². The van der Waals surface area contributed by atoms with Crippen LogP contribution in [0.5, 0.6) is 0 Å². The third kappa shape index (κ3) is 13.3. The van der Waals surface area contributed by atoms with Crippen LogP contribution in [0.15, 0.2) is 67.4 Å². The van der Waals surface area contributed by atoms with Crippen LogP contribution in [0.4, 0.5) is 39.5 Å². The molecular weight excluding hydrogens is 691 g/mol. The first-order chi connectivity index (χ1) is 22.7. The summed E-state index contributed by atoms with van der Waals surface area (Å²) in [5, 5.41) is 30.1. The van der Waals surface area contributed by atoms with Crippen LogP contribution in [0.1, 0.15) is 17.4 Å². The van der Waals surface area contributed by atoms with E-state index in [2.05, 4.69) is 43.4 Å². The van der Waals surface area contributed by atoms with Crippen molar-refractivity contribution < 1.29 is 74.0 Å². The summed E-state index contributed by atoms with van der Waals surface area (Å²) in [5.41, 5.74) is 5.17. The highest BCUT2D eigenvalue weighted by atomic mass is 19.4. The molecule has 5 rings (SSSR count). The molecule has 3 N–H and O–H groups in total. The van der Waals surface area contributed by atoms with Crippen molar-refractivity contribution >= 4 is 23.4 Å². The summed E-state index contributed by atoms with van der Waals surface area (Å²) in [4.78, 5) is 37.5. The van der Waals surface area contributed by atoms with Crippen molar-refractivity contribution in [2.24, 2.45) is 0 Å². The molecule has 0 amide bonds. The number of nitrogens with zero attached hydrogens (tertiary/aromatic N) is 6. The highest BCUT2D eigenvalue weighted by molar-refractivity contribution is 5.73. The average molecular weight is 714 g/mol. The Morgan fingerprint density at radius 2 is 1.31 bits per heavy atom. The topological polar surface area (TPSA) is 180 Å². The minimum Gasteiger partial charge on any atom is -0.475 e. The molecule has 1 fully saturated rings. The molecule has 0 aliphatic carbocycles. The number of aliphatic carboxylic acids is 3. The Balaban J connectivity index is 0.000000325. The number of alkyl halides is 9. The maximum atomic E-state index is 10.6. The van der Waals surface area contributed by atoms with E-state index in [4.69, 9.17) is 34.4 Å². The molecule has 0 bridgehead atoms. The van der Waals surface area contributed by atoms with E-state index in [1.165, 1.54) is 5.56 Å². The zero-order valence-electron chi connectivity index (χ0n) is 24.3. The Morgan fingerprint density at radius 3 is 1.78 bits per heavy atom. The van der Waals surface area contributed by atoms with Gasteiger partial charge in [-0.2, -0.15) is 39.5 Å². The van der Waals surface area contributed by atoms with Crippen molar-refractivity contribution in [2.75, 3.05) is 19.7 Å². The minimum atomic E-state index is -5.08. The van der Waals surface area contributed by atoms with Crippen LogP contribution in [0, 0.1) is 0 Å². The van der Waals surface area contributed by atoms with Crippen LogP contribution in [0.2, 0.25) is 0 Å². The molecule has 1 atom stereocenters. The van der Waals surface area contributed by atoms with Crippen molar-refractivity contribution in [1.82, 2.24) is 29.7 Å². The molecule has 4 aromatic heterocycles. The molecular formula is C27H23F9N6O7. The number of aromatic nitrogens is 5. The van der Waals surface area contributed by atoms with E-state index in [9.17, 15) is 39.5 Å². The smallest absolute Gasteiger partial charge is 0.475 e. The second-order valence-corrected chi connectivity index (χ2v) is 9.33. The van der Waals surface area contributed by atoms with Gasteiger partial charge in [0.2, 0.25) is 0 Å². The predicted molar refractivity (Wildman–Crippen MR) is 145 cm³/mol. The minimum absolute atomic E-state index is 0.0906. The molecule has 1 saturated heterocycles. The van der Waals surface area contributed by atoms with Gasteiger partial charge in [-0.1, -0.05) is 23.4 Å². The number of fused-ring (bicyclic) bond motifs is 1. The zero-order valence-corrected chi connectivity index (χ0v) is 24.3. The number of rotatable bonds is 4. The zero-order chi connectivity index (χ0) is 37.0. The summed E-state index contributed by atoms with van der Waals surface area (Å²) in [7, 11) is 0. The number of carboxylic acid groups (broad SMARTS) is 3. The molecule has 0 radical (unpaired) electrons. The lowest BCUT2D eigenvalue weighted by Gasteiger charge is -2.32. The molecule has 22 heteroatoms. The Bertz CT molecular complexity index is 1610. The maximum Gasteiger partial charge on any atom is 0.490 e. The molecule has 266 valence electrons. The predicted octanol–water partition coefficient (Wildman–Crippen LogP) is 4.66. The van der Waals surface area contributed by atoms with Crippen LogP contribution in [0.25, 0.3) is 16.6 Å². The number of ether oxygens (including phenoxy) is 1. The van der Waals surface area contributed by atoms with Gasteiger partial charge >= 0.3 is 36.4 Å². The molecule has 1 aliphatic rings. The van der Waals surface area contributed by atoms with Gasteiger partial charge < -0.3 is 20.1 Å². The number of carbonyl (C=O) groups is 3. The van der Waals surface area contributed by atoms with Crippen molar-refractivity contribution in [1.29, 1.82) is 0 Å². The lowest BCUT2D eigenvalue weighted by molar-refractivity contribution is -0.193. The number of pyridine rings is 3. The van der Waals surface area contributed by atoms with Gasteiger partial charge in [0.25, 0.3) is 0 Å². The Labute approximate surface area is 268 Å². The van der Waals surface area contributed by atoms with Crippen LogP contribution in [-0.2, 0) is 25.7 Å². The Hall–Kier alpha value is -5.38. The van der Waals surface area contributed by atoms with Crippen molar-refractivity contribution in [3.63, 3.8) is 0 Å². The highest BCUT2D eigenvalue weighted by Crippen LogP contribution is 2.27. The van der Waals surface area contributed by atoms with Gasteiger partial charge in [-0.15, -0.1) is 5.10 Å². The number of halogens is 9. The number of carboxylic acids is 3. The van der Waals surface area contributed by atoms with Gasteiger partial charge in [-0.05, 0) is 23.8 Å². The lowest BCUT2D eigenvalue weighted by atomic mass is 10.1. The Kier molecular flexibility index (Phi) is 13.9. The van der Waals surface area contributed by atoms with Crippen molar-refractivity contribution in [3.8, 4) is 11.1 Å². The fraction of sp³-hybridized carbons (Fsp3) is 0.296. The van der Waals surface area contributed by atoms with E-state index < -0.39 is 36.4 Å². The second kappa shape index (κ2) is 17.1. The van der Waals surface area contributed by atoms with Gasteiger partial charge in [-0.25, -0.2) is 18.9 Å². The molecule has 4 aromatic rings. The molecule has 0 saturated carbocycles. The maximum absolute atomic E-state index is 10.6. The summed E-state index contributed by atoms with van der Waals surface area (Å²) in [6.07, 6.45) is -6.02. The third-order valence-corrected chi connectivity index (χ3v) is 5.75. The molecule has 0 aromatic carbocycles. The van der Waals surface area contributed by atoms with E-state index in [0.29, 0.717) is 6.61 Å². The van der Waals surface area contributed by atoms with Gasteiger partial charge in [0.1, 0.15) is 11.8 Å². The van der Waals surface area contributed by atoms with Gasteiger partial charge in [0, 0.05) is 61.7 Å². The fourth-order valence-electron chi connectivity index (χ4n) is 3.61. The van der Waals surface area contributed by atoms with E-state index in [0.717, 1.165) is 42.0 Å². The highest BCUT2D eigenvalue weighted by Gasteiger charge is 2.39. The van der Waals surface area contributed by atoms with E-state index in [1.54, 1.807) is 12.4 Å². The van der Waals surface area contributed by atoms with Crippen LogP contribution >= 0.6 is 0 Å². The van der Waals surface area contributed by atoms with E-state index in [-0.39, 0.29) is 6.10 Å². The lowest BCUT2D eigenvalue weighted by Crippen LogP contribution is -2.38. The van der Waals surface area contributed by atoms with Crippen LogP contribution in [0.3, 0.4) is 0 Å². The Morgan fingerprint density at radius 1 is 0.776 bits per heavy atom. The summed E-state index contributed by atoms with van der Waals surface area (Å²) in [5.74, 6) is -8.27. The second-order valence-electron chi connectivity index (χ2n) is 9.33. The fourth-order valence-corrected chi connectivity index (χ4v) is 3.61. The normalized spacial score (nSPS) is 15.0. The van der Waals surface area contributed by atoms with Crippen LogP contribution in [-0.4, -0.2) is 101 Å². The molecule has 49 heavy (non-hydrogen) atoms. The monoisotopic (exact) mass is 714 g/mol. The molecule has 0 spiro atoms. The molecule has 13 nitrogen and oxygen atoms in total. The van der Waals surface area contributed by atoms with Gasteiger partial charge in [-0.3, -0.25) is 14.9 Å². The van der Waals surface area contributed by atoms with Crippen molar-refractivity contribution in [2.45, 2.75) is 31.2 Å². The summed E-state index contributed by atoms with van der Waals surface area (Å²) >= 11 is 0.